The predicted octanol–water partition coefficient (Wildman–Crippen LogP) is 3.27. The molecule has 22 heavy (non-hydrogen) atoms. The predicted molar refractivity (Wildman–Crippen MR) is 73.4 cm³/mol. The summed E-state index contributed by atoms with van der Waals surface area (Å²) in [6.07, 6.45) is 0.792. The summed E-state index contributed by atoms with van der Waals surface area (Å²) in [6, 6.07) is 8.73. The maximum atomic E-state index is 12.8. The van der Waals surface area contributed by atoms with E-state index in [9.17, 15) is 13.2 Å². The molecule has 3 aromatic rings. The zero-order chi connectivity index (χ0) is 15.6. The van der Waals surface area contributed by atoms with Crippen LogP contribution in [0.1, 0.15) is 17.0 Å². The number of pyridine rings is 1. The fourth-order valence-electron chi connectivity index (χ4n) is 2.11. The highest BCUT2D eigenvalue weighted by atomic mass is 19.4. The third kappa shape index (κ3) is 2.98. The second-order valence-electron chi connectivity index (χ2n) is 4.70. The number of hydrogen-bond acceptors (Lipinski definition) is 3. The van der Waals surface area contributed by atoms with Crippen LogP contribution < -0.4 is 0 Å². The topological polar surface area (TPSA) is 43.6 Å². The van der Waals surface area contributed by atoms with Gasteiger partial charge >= 0.3 is 6.18 Å². The minimum Gasteiger partial charge on any atom is -0.285 e. The molecule has 0 radical (unpaired) electrons. The number of alkyl halides is 3. The Morgan fingerprint density at radius 2 is 1.82 bits per heavy atom. The molecule has 2 heterocycles. The van der Waals surface area contributed by atoms with E-state index >= 15 is 0 Å². The fraction of sp³-hybridized carbons (Fsp3) is 0.133. The number of halogens is 3. The Morgan fingerprint density at radius 1 is 1.05 bits per heavy atom. The monoisotopic (exact) mass is 304 g/mol. The molecule has 112 valence electrons. The van der Waals surface area contributed by atoms with E-state index < -0.39 is 11.7 Å². The van der Waals surface area contributed by atoms with Gasteiger partial charge < -0.3 is 0 Å². The van der Waals surface area contributed by atoms with Crippen LogP contribution in [0.15, 0.2) is 55.1 Å². The van der Waals surface area contributed by atoms with Crippen LogP contribution in [-0.4, -0.2) is 19.7 Å². The van der Waals surface area contributed by atoms with Crippen molar-refractivity contribution in [1.82, 2.24) is 19.7 Å². The number of nitrogens with zero attached hydrogens (tertiary/aromatic N) is 4. The molecule has 0 amide bonds. The van der Waals surface area contributed by atoms with Gasteiger partial charge in [-0.05, 0) is 35.9 Å². The zero-order valence-corrected chi connectivity index (χ0v) is 11.3. The zero-order valence-electron chi connectivity index (χ0n) is 11.3. The van der Waals surface area contributed by atoms with E-state index in [2.05, 4.69) is 15.2 Å². The van der Waals surface area contributed by atoms with Crippen LogP contribution in [-0.2, 0) is 12.6 Å². The Kier molecular flexibility index (Phi) is 3.62. The van der Waals surface area contributed by atoms with Crippen molar-refractivity contribution in [2.45, 2.75) is 12.6 Å². The minimum absolute atomic E-state index is 0.379. The number of aromatic nitrogens is 4. The van der Waals surface area contributed by atoms with Crippen molar-refractivity contribution in [3.05, 3.63) is 72.1 Å². The first-order chi connectivity index (χ1) is 10.5. The molecule has 0 N–H and O–H groups in total. The van der Waals surface area contributed by atoms with Crippen LogP contribution in [0.4, 0.5) is 13.2 Å². The molecular formula is C15H11F3N4. The van der Waals surface area contributed by atoms with Gasteiger partial charge in [0.25, 0.3) is 0 Å². The highest BCUT2D eigenvalue weighted by Gasteiger charge is 2.30. The Balaban J connectivity index is 1.95. The quantitative estimate of drug-likeness (QED) is 0.746. The van der Waals surface area contributed by atoms with Gasteiger partial charge in [-0.25, -0.2) is 0 Å². The lowest BCUT2D eigenvalue weighted by Gasteiger charge is -2.10. The Hall–Kier alpha value is -2.70. The van der Waals surface area contributed by atoms with Gasteiger partial charge in [-0.3, -0.25) is 9.55 Å². The van der Waals surface area contributed by atoms with E-state index in [0.717, 1.165) is 17.7 Å². The molecule has 0 aliphatic heterocycles. The summed E-state index contributed by atoms with van der Waals surface area (Å²) in [6.45, 7) is 0. The molecule has 0 aliphatic carbocycles. The minimum atomic E-state index is -4.38. The van der Waals surface area contributed by atoms with Gasteiger partial charge in [0.05, 0.1) is 5.56 Å². The summed E-state index contributed by atoms with van der Waals surface area (Å²) in [4.78, 5) is 3.93. The Labute approximate surface area is 124 Å². The van der Waals surface area contributed by atoms with Gasteiger partial charge in [-0.1, -0.05) is 6.07 Å². The average molecular weight is 304 g/mol. The number of hydrogen-bond donors (Lipinski definition) is 0. The van der Waals surface area contributed by atoms with Crippen LogP contribution in [0.25, 0.3) is 5.69 Å². The molecule has 7 heteroatoms. The summed E-state index contributed by atoms with van der Waals surface area (Å²) in [7, 11) is 0. The lowest BCUT2D eigenvalue weighted by molar-refractivity contribution is -0.137. The first kappa shape index (κ1) is 14.2. The first-order valence-corrected chi connectivity index (χ1v) is 6.49. The van der Waals surface area contributed by atoms with Gasteiger partial charge in [0.1, 0.15) is 12.2 Å². The number of benzene rings is 1. The third-order valence-corrected chi connectivity index (χ3v) is 3.18. The molecule has 2 aromatic heterocycles. The average Bonchev–Trinajstić information content (AvgIpc) is 2.96. The summed E-state index contributed by atoms with van der Waals surface area (Å²) in [5.74, 6) is 0.561. The van der Waals surface area contributed by atoms with Gasteiger partial charge in [0, 0.05) is 24.5 Å². The smallest absolute Gasteiger partial charge is 0.285 e. The normalized spacial score (nSPS) is 11.6. The van der Waals surface area contributed by atoms with E-state index in [1.165, 1.54) is 12.4 Å². The van der Waals surface area contributed by atoms with E-state index in [1.807, 2.05) is 12.1 Å². The highest BCUT2D eigenvalue weighted by molar-refractivity contribution is 5.38. The largest absolute Gasteiger partial charge is 0.416 e. The van der Waals surface area contributed by atoms with Gasteiger partial charge in [0.15, 0.2) is 0 Å². The van der Waals surface area contributed by atoms with Crippen LogP contribution >= 0.6 is 0 Å². The Morgan fingerprint density at radius 3 is 2.55 bits per heavy atom. The van der Waals surface area contributed by atoms with E-state index in [-0.39, 0.29) is 0 Å². The van der Waals surface area contributed by atoms with Crippen molar-refractivity contribution in [2.75, 3.05) is 0 Å². The molecule has 0 bridgehead atoms. The van der Waals surface area contributed by atoms with Crippen molar-refractivity contribution < 1.29 is 13.2 Å². The van der Waals surface area contributed by atoms with Crippen molar-refractivity contribution >= 4 is 0 Å². The molecule has 4 nitrogen and oxygen atoms in total. The van der Waals surface area contributed by atoms with Gasteiger partial charge in [-0.2, -0.15) is 13.2 Å². The standard InChI is InChI=1S/C15H11F3N4/c16-15(17,18)12-2-1-3-13(9-12)22-10-20-21-14(22)8-11-4-6-19-7-5-11/h1-7,9-10H,8H2. The molecular weight excluding hydrogens is 293 g/mol. The number of rotatable bonds is 3. The summed E-state index contributed by atoms with van der Waals surface area (Å²) in [5.41, 5.74) is 0.633. The lowest BCUT2D eigenvalue weighted by Crippen LogP contribution is -2.07. The summed E-state index contributed by atoms with van der Waals surface area (Å²) in [5, 5.41) is 7.79. The van der Waals surface area contributed by atoms with Gasteiger partial charge in [0.2, 0.25) is 0 Å². The van der Waals surface area contributed by atoms with Crippen molar-refractivity contribution in [3.8, 4) is 5.69 Å². The summed E-state index contributed by atoms with van der Waals surface area (Å²) < 4.78 is 40.0. The maximum absolute atomic E-state index is 12.8. The van der Waals surface area contributed by atoms with E-state index in [1.54, 1.807) is 23.0 Å². The molecule has 0 saturated heterocycles. The molecule has 0 saturated carbocycles. The third-order valence-electron chi connectivity index (χ3n) is 3.18. The van der Waals surface area contributed by atoms with Crippen molar-refractivity contribution in [1.29, 1.82) is 0 Å². The van der Waals surface area contributed by atoms with E-state index in [0.29, 0.717) is 17.9 Å². The van der Waals surface area contributed by atoms with Crippen LogP contribution in [0.2, 0.25) is 0 Å². The second kappa shape index (κ2) is 5.59. The summed E-state index contributed by atoms with van der Waals surface area (Å²) >= 11 is 0. The van der Waals surface area contributed by atoms with Gasteiger partial charge in [-0.15, -0.1) is 10.2 Å². The molecule has 0 atom stereocenters. The van der Waals surface area contributed by atoms with Crippen LogP contribution in [0.3, 0.4) is 0 Å². The highest BCUT2D eigenvalue weighted by Crippen LogP contribution is 2.30. The lowest BCUT2D eigenvalue weighted by atomic mass is 10.1. The van der Waals surface area contributed by atoms with Crippen LogP contribution in [0, 0.1) is 0 Å². The first-order valence-electron chi connectivity index (χ1n) is 6.49. The van der Waals surface area contributed by atoms with Crippen molar-refractivity contribution in [2.24, 2.45) is 0 Å². The second-order valence-corrected chi connectivity index (χ2v) is 4.70. The SMILES string of the molecule is FC(F)(F)c1cccc(-n2cnnc2Cc2ccncc2)c1. The maximum Gasteiger partial charge on any atom is 0.416 e. The molecule has 1 aromatic carbocycles. The molecule has 0 aliphatic rings. The van der Waals surface area contributed by atoms with Crippen LogP contribution in [0.5, 0.6) is 0 Å². The molecule has 0 spiro atoms. The Bertz CT molecular complexity index is 766. The fourth-order valence-corrected chi connectivity index (χ4v) is 2.11. The molecule has 0 unspecified atom stereocenters. The van der Waals surface area contributed by atoms with Crippen molar-refractivity contribution in [3.63, 3.8) is 0 Å². The molecule has 0 fully saturated rings. The molecule has 3 rings (SSSR count). The van der Waals surface area contributed by atoms with E-state index in [4.69, 9.17) is 0 Å².